The Balaban J connectivity index is 2.14. The Morgan fingerprint density at radius 3 is 1.62 bits per heavy atom. The van der Waals surface area contributed by atoms with Gasteiger partial charge >= 0.3 is 12.2 Å². The summed E-state index contributed by atoms with van der Waals surface area (Å²) in [6.45, 7) is 11.6. The lowest BCUT2D eigenvalue weighted by atomic mass is 9.97. The van der Waals surface area contributed by atoms with E-state index in [0.29, 0.717) is 25.4 Å². The first kappa shape index (κ1) is 32.6. The van der Waals surface area contributed by atoms with E-state index in [0.717, 1.165) is 30.8 Å². The van der Waals surface area contributed by atoms with Crippen molar-refractivity contribution in [2.24, 2.45) is 5.92 Å². The van der Waals surface area contributed by atoms with Crippen LogP contribution < -0.4 is 5.32 Å². The highest BCUT2D eigenvalue weighted by molar-refractivity contribution is 5.68. The molecule has 0 aromatic heterocycles. The molecule has 0 aliphatic carbocycles. The lowest BCUT2D eigenvalue weighted by molar-refractivity contribution is 0.0177. The summed E-state index contributed by atoms with van der Waals surface area (Å²) < 4.78 is 80.5. The van der Waals surface area contributed by atoms with Gasteiger partial charge < -0.3 is 24.6 Å². The highest BCUT2D eigenvalue weighted by Crippen LogP contribution is 2.25. The second-order valence-electron chi connectivity index (χ2n) is 11.8. The van der Waals surface area contributed by atoms with Crippen LogP contribution in [0.1, 0.15) is 72.8 Å². The molecule has 0 unspecified atom stereocenters. The summed E-state index contributed by atoms with van der Waals surface area (Å²) in [5, 5.41) is 3.28. The molecule has 1 aromatic rings. The average molecular weight is 566 g/mol. The maximum atomic E-state index is 14.3. The summed E-state index contributed by atoms with van der Waals surface area (Å²) >= 11 is 0. The molecular weight excluding hydrogens is 525 g/mol. The Bertz CT molecular complexity index is 976. The van der Waals surface area contributed by atoms with E-state index in [9.17, 15) is 31.5 Å². The lowest BCUT2D eigenvalue weighted by Crippen LogP contribution is -2.42. The predicted octanol–water partition coefficient (Wildman–Crippen LogP) is 6.14. The molecule has 1 saturated heterocycles. The number of hydrogen-bond acceptors (Lipinski definition) is 5. The Hall–Kier alpha value is -2.63. The number of nitrogens with one attached hydrogen (secondary N) is 1. The molecule has 0 atom stereocenters. The largest absolute Gasteiger partial charge is 0.444 e. The second kappa shape index (κ2) is 13.6. The average Bonchev–Trinajstić information content (AvgIpc) is 2.83. The molecule has 2 rings (SSSR count). The molecule has 1 aliphatic rings. The summed E-state index contributed by atoms with van der Waals surface area (Å²) in [5.41, 5.74) is -2.78. The number of amides is 2. The molecule has 12 heteroatoms. The van der Waals surface area contributed by atoms with Gasteiger partial charge in [0, 0.05) is 25.2 Å². The van der Waals surface area contributed by atoms with Crippen molar-refractivity contribution >= 4 is 12.2 Å². The van der Waals surface area contributed by atoms with E-state index in [-0.39, 0.29) is 13.0 Å². The van der Waals surface area contributed by atoms with E-state index in [1.807, 2.05) is 0 Å². The molecule has 0 spiro atoms. The number of benzene rings is 1. The van der Waals surface area contributed by atoms with Gasteiger partial charge in [0.1, 0.15) is 11.2 Å². The molecule has 222 valence electrons. The number of piperidine rings is 1. The van der Waals surface area contributed by atoms with Crippen molar-refractivity contribution in [1.29, 1.82) is 0 Å². The molecule has 7 nitrogen and oxygen atoms in total. The lowest BCUT2D eigenvalue weighted by Gasteiger charge is -2.32. The normalized spacial score (nSPS) is 14.7. The van der Waals surface area contributed by atoms with Crippen molar-refractivity contribution < 1.29 is 41.0 Å². The minimum absolute atomic E-state index is 0.107. The van der Waals surface area contributed by atoms with Crippen LogP contribution in [0, 0.1) is 35.0 Å². The zero-order valence-electron chi connectivity index (χ0n) is 23.6. The smallest absolute Gasteiger partial charge is 0.410 e. The summed E-state index contributed by atoms with van der Waals surface area (Å²) in [4.78, 5) is 28.1. The standard InChI is InChI=1S/C27H40F5N3O4/c1-26(2,3)38-24(36)34(15-17-9-11-33-12-10-17)13-7-8-14-35(25(37)39-27(4,5)6)16-18-19(28)21(30)23(32)22(31)20(18)29/h17,33H,7-16H2,1-6H3. The first-order valence-corrected chi connectivity index (χ1v) is 13.2. The number of unbranched alkanes of at least 4 members (excludes halogenated alkanes) is 1. The van der Waals surface area contributed by atoms with Crippen LogP contribution in [0.15, 0.2) is 0 Å². The molecule has 2 amide bonds. The molecule has 1 fully saturated rings. The zero-order chi connectivity index (χ0) is 29.5. The van der Waals surface area contributed by atoms with Crippen LogP contribution >= 0.6 is 0 Å². The first-order chi connectivity index (χ1) is 18.0. The van der Waals surface area contributed by atoms with Gasteiger partial charge in [0.05, 0.1) is 6.54 Å². The van der Waals surface area contributed by atoms with Gasteiger partial charge in [-0.05, 0) is 86.2 Å². The van der Waals surface area contributed by atoms with Gasteiger partial charge in [0.25, 0.3) is 0 Å². The Morgan fingerprint density at radius 1 is 0.744 bits per heavy atom. The molecule has 39 heavy (non-hydrogen) atoms. The first-order valence-electron chi connectivity index (χ1n) is 13.2. The molecule has 1 N–H and O–H groups in total. The third kappa shape index (κ3) is 10.1. The van der Waals surface area contributed by atoms with E-state index < -0.39 is 64.6 Å². The van der Waals surface area contributed by atoms with Crippen LogP contribution in [0.3, 0.4) is 0 Å². The monoisotopic (exact) mass is 565 g/mol. The number of hydrogen-bond donors (Lipinski definition) is 1. The molecule has 1 aliphatic heterocycles. The van der Waals surface area contributed by atoms with Gasteiger partial charge in [-0.25, -0.2) is 31.5 Å². The predicted molar refractivity (Wildman–Crippen MR) is 136 cm³/mol. The Labute approximate surface area is 227 Å². The topological polar surface area (TPSA) is 71.1 Å². The number of halogens is 5. The van der Waals surface area contributed by atoms with E-state index in [1.165, 1.54) is 0 Å². The van der Waals surface area contributed by atoms with Crippen LogP contribution in [0.2, 0.25) is 0 Å². The van der Waals surface area contributed by atoms with E-state index in [4.69, 9.17) is 9.47 Å². The van der Waals surface area contributed by atoms with Gasteiger partial charge in [-0.15, -0.1) is 0 Å². The summed E-state index contributed by atoms with van der Waals surface area (Å²) in [6.07, 6.45) is 1.04. The van der Waals surface area contributed by atoms with Crippen LogP contribution in [-0.2, 0) is 16.0 Å². The van der Waals surface area contributed by atoms with Crippen molar-refractivity contribution in [2.45, 2.75) is 85.0 Å². The Morgan fingerprint density at radius 2 is 1.15 bits per heavy atom. The highest BCUT2D eigenvalue weighted by Gasteiger charge is 2.30. The number of ether oxygens (including phenoxy) is 2. The minimum atomic E-state index is -2.27. The number of carbonyl (C=O) groups excluding carboxylic acids is 2. The zero-order valence-corrected chi connectivity index (χ0v) is 23.6. The van der Waals surface area contributed by atoms with Crippen molar-refractivity contribution in [2.75, 3.05) is 32.7 Å². The highest BCUT2D eigenvalue weighted by atomic mass is 19.2. The minimum Gasteiger partial charge on any atom is -0.444 e. The molecule has 0 bridgehead atoms. The van der Waals surface area contributed by atoms with Gasteiger partial charge in [-0.3, -0.25) is 0 Å². The van der Waals surface area contributed by atoms with Crippen LogP contribution in [0.4, 0.5) is 31.5 Å². The number of nitrogens with zero attached hydrogens (tertiary/aromatic N) is 2. The summed E-state index contributed by atoms with van der Waals surface area (Å²) in [6, 6.07) is 0. The van der Waals surface area contributed by atoms with Gasteiger partial charge in [-0.1, -0.05) is 0 Å². The van der Waals surface area contributed by atoms with Gasteiger partial charge in [-0.2, -0.15) is 0 Å². The maximum absolute atomic E-state index is 14.3. The van der Waals surface area contributed by atoms with Gasteiger partial charge in [0.2, 0.25) is 5.82 Å². The summed E-state index contributed by atoms with van der Waals surface area (Å²) in [5.74, 6) is -10.1. The maximum Gasteiger partial charge on any atom is 0.410 e. The fourth-order valence-corrected chi connectivity index (χ4v) is 4.11. The van der Waals surface area contributed by atoms with Crippen molar-refractivity contribution in [3.05, 3.63) is 34.6 Å². The molecular formula is C27H40F5N3O4. The van der Waals surface area contributed by atoms with E-state index in [2.05, 4.69) is 5.32 Å². The fraction of sp³-hybridized carbons (Fsp3) is 0.704. The second-order valence-corrected chi connectivity index (χ2v) is 11.8. The van der Waals surface area contributed by atoms with Crippen LogP contribution in [-0.4, -0.2) is 65.9 Å². The number of rotatable bonds is 9. The molecule has 0 radical (unpaired) electrons. The third-order valence-corrected chi connectivity index (χ3v) is 6.00. The van der Waals surface area contributed by atoms with Gasteiger partial charge in [0.15, 0.2) is 23.3 Å². The molecule has 1 aromatic carbocycles. The third-order valence-electron chi connectivity index (χ3n) is 6.00. The van der Waals surface area contributed by atoms with Crippen molar-refractivity contribution in [1.82, 2.24) is 15.1 Å². The Kier molecular flexibility index (Phi) is 11.4. The van der Waals surface area contributed by atoms with E-state index >= 15 is 0 Å². The fourth-order valence-electron chi connectivity index (χ4n) is 4.11. The SMILES string of the molecule is CC(C)(C)OC(=O)N(CCCCN(CC1CCNCC1)C(=O)OC(C)(C)C)Cc1c(F)c(F)c(F)c(F)c1F. The molecule has 0 saturated carbocycles. The van der Waals surface area contributed by atoms with Crippen molar-refractivity contribution in [3.8, 4) is 0 Å². The quantitative estimate of drug-likeness (QED) is 0.169. The van der Waals surface area contributed by atoms with E-state index in [1.54, 1.807) is 46.4 Å². The van der Waals surface area contributed by atoms with Crippen LogP contribution in [0.5, 0.6) is 0 Å². The van der Waals surface area contributed by atoms with Crippen LogP contribution in [0.25, 0.3) is 0 Å². The van der Waals surface area contributed by atoms with Crippen molar-refractivity contribution in [3.63, 3.8) is 0 Å². The number of carbonyl (C=O) groups is 2. The molecule has 1 heterocycles. The summed E-state index contributed by atoms with van der Waals surface area (Å²) in [7, 11) is 0.